The number of rotatable bonds is 4. The lowest BCUT2D eigenvalue weighted by molar-refractivity contribution is 0.621. The summed E-state index contributed by atoms with van der Waals surface area (Å²) in [7, 11) is 1.76. The SMILES string of the molecule is CCC(C)NC(=NC)NCc1nnc2ccccn12. The first-order chi connectivity index (χ1) is 9.24. The van der Waals surface area contributed by atoms with Crippen LogP contribution in [0.3, 0.4) is 0 Å². The van der Waals surface area contributed by atoms with Crippen LogP contribution in [0.2, 0.25) is 0 Å². The maximum absolute atomic E-state index is 4.19. The predicted molar refractivity (Wildman–Crippen MR) is 76.1 cm³/mol. The van der Waals surface area contributed by atoms with Crippen LogP contribution in [0.1, 0.15) is 26.1 Å². The Morgan fingerprint density at radius 1 is 1.42 bits per heavy atom. The fourth-order valence-electron chi connectivity index (χ4n) is 1.70. The zero-order chi connectivity index (χ0) is 13.7. The molecule has 0 amide bonds. The van der Waals surface area contributed by atoms with Gasteiger partial charge in [0.2, 0.25) is 0 Å². The van der Waals surface area contributed by atoms with Crippen molar-refractivity contribution in [2.75, 3.05) is 7.05 Å². The first-order valence-electron chi connectivity index (χ1n) is 6.50. The number of nitrogens with zero attached hydrogens (tertiary/aromatic N) is 4. The van der Waals surface area contributed by atoms with Crippen LogP contribution in [0.5, 0.6) is 0 Å². The highest BCUT2D eigenvalue weighted by atomic mass is 15.3. The molecule has 2 heterocycles. The second kappa shape index (κ2) is 6.17. The maximum atomic E-state index is 4.19. The highest BCUT2D eigenvalue weighted by molar-refractivity contribution is 5.79. The van der Waals surface area contributed by atoms with Crippen molar-refractivity contribution in [3.05, 3.63) is 30.2 Å². The summed E-state index contributed by atoms with van der Waals surface area (Å²) in [5.74, 6) is 1.64. The van der Waals surface area contributed by atoms with Gasteiger partial charge in [-0.05, 0) is 25.5 Å². The lowest BCUT2D eigenvalue weighted by Gasteiger charge is -2.15. The van der Waals surface area contributed by atoms with Gasteiger partial charge in [0.05, 0.1) is 6.54 Å². The maximum Gasteiger partial charge on any atom is 0.191 e. The van der Waals surface area contributed by atoms with Gasteiger partial charge < -0.3 is 10.6 Å². The monoisotopic (exact) mass is 260 g/mol. The summed E-state index contributed by atoms with van der Waals surface area (Å²) in [5, 5.41) is 14.8. The summed E-state index contributed by atoms with van der Waals surface area (Å²) >= 11 is 0. The molecule has 102 valence electrons. The normalized spacial score (nSPS) is 13.5. The fourth-order valence-corrected chi connectivity index (χ4v) is 1.70. The fraction of sp³-hybridized carbons (Fsp3) is 0.462. The first kappa shape index (κ1) is 13.3. The Morgan fingerprint density at radius 3 is 3.00 bits per heavy atom. The molecule has 1 unspecified atom stereocenters. The van der Waals surface area contributed by atoms with E-state index >= 15 is 0 Å². The van der Waals surface area contributed by atoms with Crippen molar-refractivity contribution < 1.29 is 0 Å². The Kier molecular flexibility index (Phi) is 4.33. The number of hydrogen-bond acceptors (Lipinski definition) is 3. The molecule has 0 bridgehead atoms. The molecule has 0 saturated carbocycles. The molecular formula is C13H20N6. The van der Waals surface area contributed by atoms with Gasteiger partial charge in [-0.2, -0.15) is 0 Å². The highest BCUT2D eigenvalue weighted by Gasteiger charge is 2.06. The van der Waals surface area contributed by atoms with Crippen molar-refractivity contribution in [3.63, 3.8) is 0 Å². The Morgan fingerprint density at radius 2 is 2.26 bits per heavy atom. The zero-order valence-electron chi connectivity index (χ0n) is 11.6. The van der Waals surface area contributed by atoms with Crippen LogP contribution >= 0.6 is 0 Å². The van der Waals surface area contributed by atoms with Crippen LogP contribution in [0, 0.1) is 0 Å². The van der Waals surface area contributed by atoms with E-state index in [0.29, 0.717) is 12.6 Å². The number of aliphatic imine (C=N–C) groups is 1. The average Bonchev–Trinajstić information content (AvgIpc) is 2.86. The molecule has 6 nitrogen and oxygen atoms in total. The van der Waals surface area contributed by atoms with Gasteiger partial charge in [-0.1, -0.05) is 13.0 Å². The van der Waals surface area contributed by atoms with E-state index in [4.69, 9.17) is 0 Å². The Bertz CT molecular complexity index is 559. The summed E-state index contributed by atoms with van der Waals surface area (Å²) in [5.41, 5.74) is 0.851. The Labute approximate surface area is 113 Å². The van der Waals surface area contributed by atoms with E-state index in [1.165, 1.54) is 0 Å². The largest absolute Gasteiger partial charge is 0.354 e. The van der Waals surface area contributed by atoms with Gasteiger partial charge in [-0.3, -0.25) is 9.39 Å². The lowest BCUT2D eigenvalue weighted by Crippen LogP contribution is -2.41. The number of aromatic nitrogens is 3. The molecule has 0 saturated heterocycles. The minimum Gasteiger partial charge on any atom is -0.354 e. The number of pyridine rings is 1. The van der Waals surface area contributed by atoms with E-state index in [-0.39, 0.29) is 0 Å². The summed E-state index contributed by atoms with van der Waals surface area (Å²) in [6, 6.07) is 6.24. The first-order valence-corrected chi connectivity index (χ1v) is 6.50. The smallest absolute Gasteiger partial charge is 0.191 e. The van der Waals surface area contributed by atoms with E-state index < -0.39 is 0 Å². The molecule has 0 aliphatic heterocycles. The van der Waals surface area contributed by atoms with Crippen molar-refractivity contribution in [2.45, 2.75) is 32.9 Å². The van der Waals surface area contributed by atoms with Crippen LogP contribution in [-0.4, -0.2) is 33.6 Å². The van der Waals surface area contributed by atoms with Crippen LogP contribution in [0.15, 0.2) is 29.4 Å². The molecule has 0 aromatic carbocycles. The van der Waals surface area contributed by atoms with Crippen molar-refractivity contribution >= 4 is 11.6 Å². The molecule has 2 aromatic rings. The molecule has 6 heteroatoms. The summed E-state index contributed by atoms with van der Waals surface area (Å²) < 4.78 is 1.96. The van der Waals surface area contributed by atoms with Crippen molar-refractivity contribution in [3.8, 4) is 0 Å². The van der Waals surface area contributed by atoms with Gasteiger partial charge >= 0.3 is 0 Å². The summed E-state index contributed by atoms with van der Waals surface area (Å²) in [6.07, 6.45) is 3.01. The molecule has 0 fully saturated rings. The number of fused-ring (bicyclic) bond motifs is 1. The molecule has 0 aliphatic carbocycles. The van der Waals surface area contributed by atoms with Gasteiger partial charge in [0, 0.05) is 19.3 Å². The highest BCUT2D eigenvalue weighted by Crippen LogP contribution is 2.02. The van der Waals surface area contributed by atoms with Crippen molar-refractivity contribution in [1.29, 1.82) is 0 Å². The Balaban J connectivity index is 2.01. The van der Waals surface area contributed by atoms with Gasteiger partial charge in [0.25, 0.3) is 0 Å². The number of guanidine groups is 1. The minimum atomic E-state index is 0.390. The van der Waals surface area contributed by atoms with Crippen LogP contribution in [0.25, 0.3) is 5.65 Å². The number of nitrogens with one attached hydrogen (secondary N) is 2. The molecule has 1 atom stereocenters. The predicted octanol–water partition coefficient (Wildman–Crippen LogP) is 1.19. The van der Waals surface area contributed by atoms with E-state index in [0.717, 1.165) is 23.9 Å². The topological polar surface area (TPSA) is 66.6 Å². The third-order valence-corrected chi connectivity index (χ3v) is 3.02. The van der Waals surface area contributed by atoms with Crippen LogP contribution in [-0.2, 0) is 6.54 Å². The third kappa shape index (κ3) is 3.21. The second-order valence-electron chi connectivity index (χ2n) is 4.42. The quantitative estimate of drug-likeness (QED) is 0.640. The van der Waals surface area contributed by atoms with E-state index in [9.17, 15) is 0 Å². The van der Waals surface area contributed by atoms with Gasteiger partial charge in [-0.15, -0.1) is 10.2 Å². The lowest BCUT2D eigenvalue weighted by atomic mass is 10.3. The van der Waals surface area contributed by atoms with Crippen LogP contribution < -0.4 is 10.6 Å². The molecular weight excluding hydrogens is 240 g/mol. The van der Waals surface area contributed by atoms with Gasteiger partial charge in [0.1, 0.15) is 0 Å². The molecule has 2 rings (SSSR count). The molecule has 0 aliphatic rings. The standard InChI is InChI=1S/C13H20N6/c1-4-10(2)16-13(14-3)15-9-12-18-17-11-7-5-6-8-19(11)12/h5-8,10H,4,9H2,1-3H3,(H2,14,15,16). The van der Waals surface area contributed by atoms with Gasteiger partial charge in [-0.25, -0.2) is 0 Å². The van der Waals surface area contributed by atoms with Crippen molar-refractivity contribution in [2.24, 2.45) is 4.99 Å². The van der Waals surface area contributed by atoms with Gasteiger partial charge in [0.15, 0.2) is 17.4 Å². The average molecular weight is 260 g/mol. The van der Waals surface area contributed by atoms with Crippen LogP contribution in [0.4, 0.5) is 0 Å². The van der Waals surface area contributed by atoms with E-state index in [2.05, 4.69) is 39.7 Å². The third-order valence-electron chi connectivity index (χ3n) is 3.02. The Hall–Kier alpha value is -2.11. The van der Waals surface area contributed by atoms with E-state index in [1.54, 1.807) is 7.05 Å². The minimum absolute atomic E-state index is 0.390. The van der Waals surface area contributed by atoms with Crippen molar-refractivity contribution in [1.82, 2.24) is 25.2 Å². The molecule has 2 N–H and O–H groups in total. The number of hydrogen-bond donors (Lipinski definition) is 2. The molecule has 2 aromatic heterocycles. The summed E-state index contributed by atoms with van der Waals surface area (Å²) in [4.78, 5) is 4.19. The molecule has 19 heavy (non-hydrogen) atoms. The zero-order valence-corrected chi connectivity index (χ0v) is 11.6. The molecule has 0 spiro atoms. The summed E-state index contributed by atoms with van der Waals surface area (Å²) in [6.45, 7) is 4.84. The second-order valence-corrected chi connectivity index (χ2v) is 4.42. The molecule has 0 radical (unpaired) electrons. The van der Waals surface area contributed by atoms with E-state index in [1.807, 2.05) is 28.8 Å².